The average molecular weight is 128 g/mol. The van der Waals surface area contributed by atoms with Crippen molar-refractivity contribution in [2.45, 2.75) is 27.2 Å². The van der Waals surface area contributed by atoms with Crippen molar-refractivity contribution < 1.29 is 9.59 Å². The van der Waals surface area contributed by atoms with Crippen molar-refractivity contribution in [1.82, 2.24) is 0 Å². The fraction of sp³-hybridized carbons (Fsp3) is 0.714. The van der Waals surface area contributed by atoms with Gasteiger partial charge in [-0.1, -0.05) is 13.8 Å². The van der Waals surface area contributed by atoms with E-state index in [1.165, 1.54) is 6.92 Å². The smallest absolute Gasteiger partial charge is 0.135 e. The molecule has 0 radical (unpaired) electrons. The molecule has 0 aliphatic rings. The molecule has 0 fully saturated rings. The van der Waals surface area contributed by atoms with Gasteiger partial charge in [0.25, 0.3) is 0 Å². The summed E-state index contributed by atoms with van der Waals surface area (Å²) in [6.07, 6.45) is 1.10. The van der Waals surface area contributed by atoms with Crippen LogP contribution >= 0.6 is 0 Å². The van der Waals surface area contributed by atoms with Crippen molar-refractivity contribution in [3.8, 4) is 0 Å². The number of carbonyl (C=O) groups is 2. The van der Waals surface area contributed by atoms with Crippen LogP contribution in [-0.2, 0) is 9.59 Å². The Morgan fingerprint density at radius 2 is 2.00 bits per heavy atom. The van der Waals surface area contributed by atoms with Crippen LogP contribution in [0.5, 0.6) is 0 Å². The summed E-state index contributed by atoms with van der Waals surface area (Å²) in [6.45, 7) is 5.04. The van der Waals surface area contributed by atoms with Crippen molar-refractivity contribution >= 4 is 12.1 Å². The zero-order chi connectivity index (χ0) is 7.49. The first-order valence-corrected chi connectivity index (χ1v) is 2.95. The monoisotopic (exact) mass is 128 g/mol. The third kappa shape index (κ3) is 2.40. The van der Waals surface area contributed by atoms with Crippen molar-refractivity contribution in [3.05, 3.63) is 0 Å². The lowest BCUT2D eigenvalue weighted by molar-refractivity contribution is -0.127. The molecule has 0 bridgehead atoms. The largest absolute Gasteiger partial charge is 0.303 e. The van der Waals surface area contributed by atoms with E-state index in [-0.39, 0.29) is 5.78 Å². The highest BCUT2D eigenvalue weighted by atomic mass is 16.1. The Morgan fingerprint density at radius 3 is 2.11 bits per heavy atom. The van der Waals surface area contributed by atoms with Crippen molar-refractivity contribution in [2.24, 2.45) is 5.41 Å². The topological polar surface area (TPSA) is 34.1 Å². The van der Waals surface area contributed by atoms with Crippen molar-refractivity contribution in [3.63, 3.8) is 0 Å². The molecular formula is C7H12O2. The highest BCUT2D eigenvalue weighted by Gasteiger charge is 2.22. The predicted molar refractivity (Wildman–Crippen MR) is 35.1 cm³/mol. The summed E-state index contributed by atoms with van der Waals surface area (Å²) in [6, 6.07) is 0. The lowest BCUT2D eigenvalue weighted by Gasteiger charge is -2.16. The molecule has 0 unspecified atom stereocenters. The molecule has 0 N–H and O–H groups in total. The van der Waals surface area contributed by atoms with Crippen LogP contribution in [0.1, 0.15) is 27.2 Å². The summed E-state index contributed by atoms with van der Waals surface area (Å²) in [4.78, 5) is 20.7. The van der Waals surface area contributed by atoms with Gasteiger partial charge in [-0.15, -0.1) is 0 Å². The molecule has 0 aromatic carbocycles. The molecule has 0 aliphatic heterocycles. The molecule has 0 aliphatic carbocycles. The maximum Gasteiger partial charge on any atom is 0.135 e. The minimum absolute atomic E-state index is 0.0644. The van der Waals surface area contributed by atoms with Crippen molar-refractivity contribution in [2.75, 3.05) is 0 Å². The fourth-order valence-electron chi connectivity index (χ4n) is 0.352. The molecule has 0 saturated carbocycles. The Kier molecular flexibility index (Phi) is 2.56. The summed E-state index contributed by atoms with van der Waals surface area (Å²) in [7, 11) is 0. The van der Waals surface area contributed by atoms with E-state index in [1.54, 1.807) is 13.8 Å². The maximum atomic E-state index is 10.7. The number of carbonyl (C=O) groups excluding carboxylic acids is 2. The molecule has 2 heteroatoms. The fourth-order valence-corrected chi connectivity index (χ4v) is 0.352. The Labute approximate surface area is 55.3 Å². The Bertz CT molecular complexity index is 125. The van der Waals surface area contributed by atoms with Gasteiger partial charge in [0, 0.05) is 11.8 Å². The van der Waals surface area contributed by atoms with E-state index < -0.39 is 5.41 Å². The van der Waals surface area contributed by atoms with E-state index in [0.717, 1.165) is 6.29 Å². The second-order valence-corrected chi connectivity index (χ2v) is 2.81. The van der Waals surface area contributed by atoms with E-state index in [1.807, 2.05) is 0 Å². The average Bonchev–Trinajstić information content (AvgIpc) is 1.65. The third-order valence-electron chi connectivity index (χ3n) is 1.55. The van der Waals surface area contributed by atoms with Gasteiger partial charge in [0.2, 0.25) is 0 Å². The minimum Gasteiger partial charge on any atom is -0.303 e. The SMILES string of the molecule is CC(=O)C(C)(C)CC=O. The van der Waals surface area contributed by atoms with Gasteiger partial charge in [-0.05, 0) is 6.92 Å². The van der Waals surface area contributed by atoms with Crippen LogP contribution < -0.4 is 0 Å². The van der Waals surface area contributed by atoms with Gasteiger partial charge in [0.05, 0.1) is 0 Å². The third-order valence-corrected chi connectivity index (χ3v) is 1.55. The summed E-state index contributed by atoms with van der Waals surface area (Å²) >= 11 is 0. The van der Waals surface area contributed by atoms with Crippen LogP contribution in [0.4, 0.5) is 0 Å². The van der Waals surface area contributed by atoms with Crippen LogP contribution in [0.3, 0.4) is 0 Å². The minimum atomic E-state index is -0.457. The highest BCUT2D eigenvalue weighted by molar-refractivity contribution is 5.83. The number of aldehydes is 1. The van der Waals surface area contributed by atoms with Gasteiger partial charge in [-0.25, -0.2) is 0 Å². The van der Waals surface area contributed by atoms with Gasteiger partial charge in [-0.3, -0.25) is 4.79 Å². The molecule has 0 aromatic rings. The molecule has 9 heavy (non-hydrogen) atoms. The predicted octanol–water partition coefficient (Wildman–Crippen LogP) is 1.19. The first-order valence-electron chi connectivity index (χ1n) is 2.95. The molecule has 0 amide bonds. The molecule has 2 nitrogen and oxygen atoms in total. The lowest BCUT2D eigenvalue weighted by atomic mass is 9.86. The van der Waals surface area contributed by atoms with Crippen molar-refractivity contribution in [1.29, 1.82) is 0 Å². The van der Waals surface area contributed by atoms with Crippen LogP contribution in [-0.4, -0.2) is 12.1 Å². The Morgan fingerprint density at radius 1 is 1.56 bits per heavy atom. The Hall–Kier alpha value is -0.660. The van der Waals surface area contributed by atoms with Gasteiger partial charge in [-0.2, -0.15) is 0 Å². The normalized spacial score (nSPS) is 11.0. The first kappa shape index (κ1) is 8.34. The lowest BCUT2D eigenvalue weighted by Crippen LogP contribution is -2.21. The number of Topliss-reactive ketones (excluding diaryl/α,β-unsaturated/α-hetero) is 1. The van der Waals surface area contributed by atoms with E-state index in [4.69, 9.17) is 0 Å². The number of hydrogen-bond acceptors (Lipinski definition) is 2. The second kappa shape index (κ2) is 2.76. The Balaban J connectivity index is 4.00. The molecule has 0 spiro atoms. The second-order valence-electron chi connectivity index (χ2n) is 2.81. The zero-order valence-corrected chi connectivity index (χ0v) is 6.10. The van der Waals surface area contributed by atoms with E-state index >= 15 is 0 Å². The number of rotatable bonds is 3. The molecular weight excluding hydrogens is 116 g/mol. The summed E-state index contributed by atoms with van der Waals surface area (Å²) in [5.74, 6) is 0.0644. The molecule has 0 aromatic heterocycles. The zero-order valence-electron chi connectivity index (χ0n) is 6.10. The molecule has 0 rings (SSSR count). The standard InChI is InChI=1S/C7H12O2/c1-6(9)7(2,3)4-5-8/h5H,4H2,1-3H3. The van der Waals surface area contributed by atoms with Gasteiger partial charge >= 0.3 is 0 Å². The quantitative estimate of drug-likeness (QED) is 0.535. The van der Waals surface area contributed by atoms with Crippen LogP contribution in [0.25, 0.3) is 0 Å². The van der Waals surface area contributed by atoms with E-state index in [0.29, 0.717) is 6.42 Å². The number of ketones is 1. The molecule has 0 atom stereocenters. The molecule has 0 saturated heterocycles. The van der Waals surface area contributed by atoms with Gasteiger partial charge in [0.1, 0.15) is 12.1 Å². The maximum absolute atomic E-state index is 10.7. The summed E-state index contributed by atoms with van der Waals surface area (Å²) < 4.78 is 0. The van der Waals surface area contributed by atoms with Crippen LogP contribution in [0.15, 0.2) is 0 Å². The van der Waals surface area contributed by atoms with Crippen LogP contribution in [0, 0.1) is 5.41 Å². The molecule has 0 heterocycles. The van der Waals surface area contributed by atoms with Crippen LogP contribution in [0.2, 0.25) is 0 Å². The summed E-state index contributed by atoms with van der Waals surface area (Å²) in [5, 5.41) is 0. The van der Waals surface area contributed by atoms with Gasteiger partial charge in [0.15, 0.2) is 0 Å². The van der Waals surface area contributed by atoms with E-state index in [9.17, 15) is 9.59 Å². The first-order chi connectivity index (χ1) is 4.00. The highest BCUT2D eigenvalue weighted by Crippen LogP contribution is 2.18. The summed E-state index contributed by atoms with van der Waals surface area (Å²) in [5.41, 5.74) is -0.457. The molecule has 52 valence electrons. The van der Waals surface area contributed by atoms with E-state index in [2.05, 4.69) is 0 Å². The number of hydrogen-bond donors (Lipinski definition) is 0. The van der Waals surface area contributed by atoms with Gasteiger partial charge < -0.3 is 4.79 Å².